The Kier molecular flexibility index (Phi) is 6.69. The van der Waals surface area contributed by atoms with E-state index in [9.17, 15) is 13.6 Å². The Balaban J connectivity index is 1.79. The monoisotopic (exact) mass is 452 g/mol. The highest BCUT2D eigenvalue weighted by Gasteiger charge is 2.51. The van der Waals surface area contributed by atoms with Crippen molar-refractivity contribution >= 4 is 11.6 Å². The van der Waals surface area contributed by atoms with Crippen LogP contribution in [0.3, 0.4) is 0 Å². The molecule has 5 heteroatoms. The Bertz CT molecular complexity index is 1020. The predicted octanol–water partition coefficient (Wildman–Crippen LogP) is 6.99. The van der Waals surface area contributed by atoms with Gasteiger partial charge < -0.3 is 4.90 Å². The molecular weight excluding hydrogens is 418 g/mol. The standard InChI is InChI=1S/C28H34F2N2O/c1-5-6-25(21-9-7-19(4)8-10-21)32-27(33)26(22-15-23(29)17-24(30)16-22)31-28(32)13-11-20(12-14-28)18(2)3/h7-10,15-18,20,25H,5-6,11-14H2,1-4H3. The second-order valence-corrected chi connectivity index (χ2v) is 10.1. The third-order valence-corrected chi connectivity index (χ3v) is 7.44. The van der Waals surface area contributed by atoms with Gasteiger partial charge in [0.1, 0.15) is 23.0 Å². The number of carbonyl (C=O) groups is 1. The van der Waals surface area contributed by atoms with Crippen LogP contribution in [0, 0.1) is 30.4 Å². The minimum atomic E-state index is -0.694. The Morgan fingerprint density at radius 2 is 1.67 bits per heavy atom. The molecule has 0 N–H and O–H groups in total. The summed E-state index contributed by atoms with van der Waals surface area (Å²) < 4.78 is 28.1. The van der Waals surface area contributed by atoms with Crippen molar-refractivity contribution in [1.29, 1.82) is 0 Å². The summed E-state index contributed by atoms with van der Waals surface area (Å²) in [6, 6.07) is 11.5. The van der Waals surface area contributed by atoms with Crippen molar-refractivity contribution in [3.8, 4) is 0 Å². The van der Waals surface area contributed by atoms with Crippen molar-refractivity contribution in [1.82, 2.24) is 4.90 Å². The number of amides is 1. The first-order chi connectivity index (χ1) is 15.7. The number of rotatable bonds is 6. The first-order valence-electron chi connectivity index (χ1n) is 12.2. The predicted molar refractivity (Wildman–Crippen MR) is 128 cm³/mol. The molecule has 0 bridgehead atoms. The zero-order valence-corrected chi connectivity index (χ0v) is 20.1. The highest BCUT2D eigenvalue weighted by molar-refractivity contribution is 6.46. The molecule has 0 radical (unpaired) electrons. The zero-order chi connectivity index (χ0) is 23.8. The van der Waals surface area contributed by atoms with Gasteiger partial charge >= 0.3 is 0 Å². The molecule has 33 heavy (non-hydrogen) atoms. The minimum Gasteiger partial charge on any atom is -0.305 e. The Morgan fingerprint density at radius 1 is 1.06 bits per heavy atom. The van der Waals surface area contributed by atoms with Gasteiger partial charge in [0.05, 0.1) is 6.04 Å². The van der Waals surface area contributed by atoms with Crippen LogP contribution in [-0.4, -0.2) is 22.2 Å². The number of nitrogens with zero attached hydrogens (tertiary/aromatic N) is 2. The molecule has 1 fully saturated rings. The molecule has 1 aliphatic carbocycles. The van der Waals surface area contributed by atoms with E-state index in [0.717, 1.165) is 50.2 Å². The summed E-state index contributed by atoms with van der Waals surface area (Å²) in [5.74, 6) is -0.429. The molecule has 2 aromatic rings. The van der Waals surface area contributed by atoms with E-state index in [0.29, 0.717) is 11.8 Å². The molecule has 4 rings (SSSR count). The molecule has 176 valence electrons. The Morgan fingerprint density at radius 3 is 2.21 bits per heavy atom. The first-order valence-corrected chi connectivity index (χ1v) is 12.2. The number of carbonyl (C=O) groups excluding carboxylic acids is 1. The third kappa shape index (κ3) is 4.60. The summed E-state index contributed by atoms with van der Waals surface area (Å²) in [5, 5.41) is 0. The smallest absolute Gasteiger partial charge is 0.275 e. The quantitative estimate of drug-likeness (QED) is 0.465. The molecule has 1 unspecified atom stereocenters. The molecule has 1 spiro atoms. The van der Waals surface area contributed by atoms with Gasteiger partial charge in [0, 0.05) is 11.6 Å². The van der Waals surface area contributed by atoms with Crippen LogP contribution in [0.2, 0.25) is 0 Å². The molecule has 1 heterocycles. The van der Waals surface area contributed by atoms with Crippen LogP contribution in [0.1, 0.15) is 82.0 Å². The van der Waals surface area contributed by atoms with Gasteiger partial charge in [0.15, 0.2) is 0 Å². The van der Waals surface area contributed by atoms with E-state index in [2.05, 4.69) is 45.0 Å². The van der Waals surface area contributed by atoms with E-state index in [-0.39, 0.29) is 23.2 Å². The molecule has 1 saturated carbocycles. The van der Waals surface area contributed by atoms with Crippen LogP contribution in [0.5, 0.6) is 0 Å². The number of hydrogen-bond donors (Lipinski definition) is 0. The third-order valence-electron chi connectivity index (χ3n) is 7.44. The van der Waals surface area contributed by atoms with Crippen molar-refractivity contribution in [3.05, 3.63) is 70.8 Å². The van der Waals surface area contributed by atoms with Crippen LogP contribution in [0.25, 0.3) is 0 Å². The number of aryl methyl sites for hydroxylation is 1. The summed E-state index contributed by atoms with van der Waals surface area (Å²) in [6.07, 6.45) is 5.25. The van der Waals surface area contributed by atoms with Gasteiger partial charge in [-0.05, 0) is 68.6 Å². The second-order valence-electron chi connectivity index (χ2n) is 10.1. The van der Waals surface area contributed by atoms with Gasteiger partial charge in [-0.3, -0.25) is 9.79 Å². The molecule has 1 aliphatic heterocycles. The van der Waals surface area contributed by atoms with Crippen LogP contribution < -0.4 is 0 Å². The fourth-order valence-corrected chi connectivity index (χ4v) is 5.55. The number of aliphatic imine (C=N–C) groups is 1. The lowest BCUT2D eigenvalue weighted by Gasteiger charge is -2.46. The second kappa shape index (κ2) is 9.36. The molecule has 1 atom stereocenters. The van der Waals surface area contributed by atoms with E-state index < -0.39 is 17.3 Å². The maximum Gasteiger partial charge on any atom is 0.275 e. The minimum absolute atomic E-state index is 0.127. The van der Waals surface area contributed by atoms with Crippen molar-refractivity contribution < 1.29 is 13.6 Å². The van der Waals surface area contributed by atoms with Crippen molar-refractivity contribution in [2.45, 2.75) is 77.9 Å². The highest BCUT2D eigenvalue weighted by atomic mass is 19.1. The lowest BCUT2D eigenvalue weighted by Crippen LogP contribution is -2.51. The van der Waals surface area contributed by atoms with Gasteiger partial charge in [-0.1, -0.05) is 57.0 Å². The van der Waals surface area contributed by atoms with Crippen molar-refractivity contribution in [3.63, 3.8) is 0 Å². The van der Waals surface area contributed by atoms with E-state index >= 15 is 0 Å². The summed E-state index contributed by atoms with van der Waals surface area (Å²) >= 11 is 0. The maximum atomic E-state index is 14.0. The van der Waals surface area contributed by atoms with E-state index in [1.54, 1.807) is 0 Å². The van der Waals surface area contributed by atoms with E-state index in [1.165, 1.54) is 17.7 Å². The average Bonchev–Trinajstić information content (AvgIpc) is 3.04. The lowest BCUT2D eigenvalue weighted by molar-refractivity contribution is -0.133. The van der Waals surface area contributed by atoms with E-state index in [4.69, 9.17) is 4.99 Å². The summed E-state index contributed by atoms with van der Waals surface area (Å²) in [7, 11) is 0. The van der Waals surface area contributed by atoms with Gasteiger partial charge in [0.2, 0.25) is 0 Å². The van der Waals surface area contributed by atoms with Crippen LogP contribution in [-0.2, 0) is 4.79 Å². The molecule has 1 amide bonds. The topological polar surface area (TPSA) is 32.7 Å². The maximum absolute atomic E-state index is 14.0. The molecule has 0 saturated heterocycles. The van der Waals surface area contributed by atoms with Gasteiger partial charge in [0.25, 0.3) is 5.91 Å². The fourth-order valence-electron chi connectivity index (χ4n) is 5.55. The summed E-state index contributed by atoms with van der Waals surface area (Å²) in [4.78, 5) is 20.9. The van der Waals surface area contributed by atoms with Crippen LogP contribution >= 0.6 is 0 Å². The van der Waals surface area contributed by atoms with Crippen molar-refractivity contribution in [2.75, 3.05) is 0 Å². The normalized spacial score (nSPS) is 24.0. The molecule has 3 nitrogen and oxygen atoms in total. The van der Waals surface area contributed by atoms with Crippen LogP contribution in [0.4, 0.5) is 8.78 Å². The van der Waals surface area contributed by atoms with Gasteiger partial charge in [-0.15, -0.1) is 0 Å². The van der Waals surface area contributed by atoms with Crippen LogP contribution in [0.15, 0.2) is 47.5 Å². The van der Waals surface area contributed by atoms with Gasteiger partial charge in [-0.2, -0.15) is 0 Å². The number of benzene rings is 2. The lowest BCUT2D eigenvalue weighted by atomic mass is 9.76. The molecule has 2 aromatic carbocycles. The molecular formula is C28H34F2N2O. The summed E-state index contributed by atoms with van der Waals surface area (Å²) in [5.41, 5.74) is 2.00. The summed E-state index contributed by atoms with van der Waals surface area (Å²) in [6.45, 7) is 8.66. The van der Waals surface area contributed by atoms with E-state index in [1.807, 2.05) is 11.8 Å². The number of halogens is 2. The van der Waals surface area contributed by atoms with Gasteiger partial charge in [-0.25, -0.2) is 8.78 Å². The van der Waals surface area contributed by atoms with Crippen molar-refractivity contribution in [2.24, 2.45) is 16.8 Å². The molecule has 0 aromatic heterocycles. The first kappa shape index (κ1) is 23.6. The highest BCUT2D eigenvalue weighted by Crippen LogP contribution is 2.48. The number of hydrogen-bond acceptors (Lipinski definition) is 2. The fraction of sp³-hybridized carbons (Fsp3) is 0.500. The Hall–Kier alpha value is -2.56. The largest absolute Gasteiger partial charge is 0.305 e. The zero-order valence-electron chi connectivity index (χ0n) is 20.1. The SMILES string of the molecule is CCCC(c1ccc(C)cc1)N1C(=O)C(c2cc(F)cc(F)c2)=NC12CCC(C(C)C)CC2. The molecule has 2 aliphatic rings. The average molecular weight is 453 g/mol. The Labute approximate surface area is 195 Å².